The van der Waals surface area contributed by atoms with Crippen LogP contribution in [0.4, 0.5) is 11.4 Å². The number of hydrogen-bond acceptors (Lipinski definition) is 2. The van der Waals surface area contributed by atoms with E-state index in [0.29, 0.717) is 10.7 Å². The van der Waals surface area contributed by atoms with Crippen LogP contribution in [0.15, 0.2) is 48.5 Å². The van der Waals surface area contributed by atoms with Gasteiger partial charge in [-0.2, -0.15) is 4.74 Å². The molecule has 19 heavy (non-hydrogen) atoms. The summed E-state index contributed by atoms with van der Waals surface area (Å²) in [7, 11) is 3.92. The normalized spacial score (nSPS) is 11.4. The van der Waals surface area contributed by atoms with Crippen molar-refractivity contribution in [3.63, 3.8) is 0 Å². The van der Waals surface area contributed by atoms with Gasteiger partial charge in [-0.05, 0) is 36.4 Å². The molecule has 0 aliphatic rings. The standard InChI is InChI=1S/C15H15ClN2O/c1-17(2)14-7-9-15(10-8-14)18(19)11-12-3-5-13(16)6-4-12/h3-11H,1-2H3/b18-11-. The van der Waals surface area contributed by atoms with E-state index in [1.807, 2.05) is 31.1 Å². The third-order valence-corrected chi connectivity index (χ3v) is 3.01. The second-order valence-electron chi connectivity index (χ2n) is 4.42. The van der Waals surface area contributed by atoms with E-state index in [9.17, 15) is 5.21 Å². The molecule has 0 amide bonds. The third-order valence-electron chi connectivity index (χ3n) is 2.76. The number of benzene rings is 2. The van der Waals surface area contributed by atoms with Crippen molar-refractivity contribution < 1.29 is 4.74 Å². The molecule has 2 aromatic rings. The van der Waals surface area contributed by atoms with Gasteiger partial charge in [-0.3, -0.25) is 0 Å². The minimum atomic E-state index is 0.598. The van der Waals surface area contributed by atoms with Crippen molar-refractivity contribution in [2.75, 3.05) is 19.0 Å². The second-order valence-corrected chi connectivity index (χ2v) is 4.85. The lowest BCUT2D eigenvalue weighted by Gasteiger charge is -2.12. The van der Waals surface area contributed by atoms with E-state index in [-0.39, 0.29) is 0 Å². The van der Waals surface area contributed by atoms with Gasteiger partial charge < -0.3 is 10.1 Å². The molecule has 4 heteroatoms. The Morgan fingerprint density at radius 1 is 1.00 bits per heavy atom. The zero-order valence-corrected chi connectivity index (χ0v) is 11.6. The number of rotatable bonds is 3. The number of hydrogen-bond donors (Lipinski definition) is 0. The average Bonchev–Trinajstić information content (AvgIpc) is 2.41. The Kier molecular flexibility index (Phi) is 4.07. The Morgan fingerprint density at radius 2 is 1.58 bits per heavy atom. The van der Waals surface area contributed by atoms with Crippen LogP contribution in [-0.2, 0) is 0 Å². The first-order chi connectivity index (χ1) is 9.06. The van der Waals surface area contributed by atoms with Crippen molar-refractivity contribution in [2.24, 2.45) is 0 Å². The molecule has 0 heterocycles. The van der Waals surface area contributed by atoms with Crippen molar-refractivity contribution in [2.45, 2.75) is 0 Å². The Morgan fingerprint density at radius 3 is 2.11 bits per heavy atom. The van der Waals surface area contributed by atoms with Gasteiger partial charge in [0.25, 0.3) is 0 Å². The number of anilines is 1. The highest BCUT2D eigenvalue weighted by atomic mass is 35.5. The molecule has 0 aromatic heterocycles. The Labute approximate surface area is 117 Å². The van der Waals surface area contributed by atoms with E-state index in [1.165, 1.54) is 6.21 Å². The summed E-state index contributed by atoms with van der Waals surface area (Å²) < 4.78 is 0.850. The van der Waals surface area contributed by atoms with E-state index in [0.717, 1.165) is 16.0 Å². The first kappa shape index (κ1) is 13.4. The third kappa shape index (κ3) is 3.48. The zero-order chi connectivity index (χ0) is 13.8. The summed E-state index contributed by atoms with van der Waals surface area (Å²) in [6, 6.07) is 14.6. The van der Waals surface area contributed by atoms with Crippen LogP contribution in [0.1, 0.15) is 5.56 Å². The van der Waals surface area contributed by atoms with Gasteiger partial charge in [-0.25, -0.2) is 0 Å². The van der Waals surface area contributed by atoms with Crippen molar-refractivity contribution in [3.05, 3.63) is 64.3 Å². The lowest BCUT2D eigenvalue weighted by Crippen LogP contribution is -2.08. The minimum Gasteiger partial charge on any atom is -0.618 e. The molecule has 0 spiro atoms. The lowest BCUT2D eigenvalue weighted by atomic mass is 10.2. The maximum absolute atomic E-state index is 12.0. The molecule has 0 fully saturated rings. The van der Waals surface area contributed by atoms with Gasteiger partial charge in [0.2, 0.25) is 5.69 Å². The van der Waals surface area contributed by atoms with E-state index < -0.39 is 0 Å². The summed E-state index contributed by atoms with van der Waals surface area (Å²) >= 11 is 5.80. The van der Waals surface area contributed by atoms with E-state index in [2.05, 4.69) is 0 Å². The topological polar surface area (TPSA) is 29.3 Å². The van der Waals surface area contributed by atoms with Crippen LogP contribution >= 0.6 is 11.6 Å². The summed E-state index contributed by atoms with van der Waals surface area (Å²) in [6.07, 6.45) is 1.53. The summed E-state index contributed by atoms with van der Waals surface area (Å²) in [5.74, 6) is 0. The number of nitrogens with zero attached hydrogens (tertiary/aromatic N) is 2. The molecular formula is C15H15ClN2O. The van der Waals surface area contributed by atoms with Crippen LogP contribution in [0, 0.1) is 5.21 Å². The molecule has 0 aliphatic carbocycles. The Balaban J connectivity index is 2.23. The van der Waals surface area contributed by atoms with Crippen LogP contribution in [0.25, 0.3) is 0 Å². The SMILES string of the molecule is CN(C)c1ccc(/[N+]([O-])=C/c2ccc(Cl)cc2)cc1. The van der Waals surface area contributed by atoms with Gasteiger partial charge in [0.15, 0.2) is 6.21 Å². The molecule has 0 unspecified atom stereocenters. The molecule has 0 bridgehead atoms. The van der Waals surface area contributed by atoms with Crippen LogP contribution in [0.2, 0.25) is 5.02 Å². The smallest absolute Gasteiger partial charge is 0.216 e. The summed E-state index contributed by atoms with van der Waals surface area (Å²) in [5.41, 5.74) is 2.47. The van der Waals surface area contributed by atoms with Gasteiger partial charge in [-0.15, -0.1) is 0 Å². The molecule has 98 valence electrons. The molecule has 0 saturated heterocycles. The quantitative estimate of drug-likeness (QED) is 0.370. The monoisotopic (exact) mass is 274 g/mol. The highest BCUT2D eigenvalue weighted by Crippen LogP contribution is 2.17. The fourth-order valence-corrected chi connectivity index (χ4v) is 1.78. The van der Waals surface area contributed by atoms with E-state index in [1.54, 1.807) is 36.4 Å². The van der Waals surface area contributed by atoms with Crippen LogP contribution < -0.4 is 4.90 Å². The van der Waals surface area contributed by atoms with Gasteiger partial charge in [0.1, 0.15) is 0 Å². The molecular weight excluding hydrogens is 260 g/mol. The molecule has 0 atom stereocenters. The first-order valence-electron chi connectivity index (χ1n) is 5.90. The van der Waals surface area contributed by atoms with Gasteiger partial charge in [0, 0.05) is 42.5 Å². The minimum absolute atomic E-state index is 0.598. The second kappa shape index (κ2) is 5.76. The maximum atomic E-state index is 12.0. The fraction of sp³-hybridized carbons (Fsp3) is 0.133. The van der Waals surface area contributed by atoms with Crippen molar-refractivity contribution in [1.82, 2.24) is 0 Å². The van der Waals surface area contributed by atoms with Crippen LogP contribution in [-0.4, -0.2) is 25.0 Å². The van der Waals surface area contributed by atoms with Gasteiger partial charge in [0.05, 0.1) is 0 Å². The predicted molar refractivity (Wildman–Crippen MR) is 80.7 cm³/mol. The average molecular weight is 275 g/mol. The predicted octanol–water partition coefficient (Wildman–Crippen LogP) is 3.67. The largest absolute Gasteiger partial charge is 0.618 e. The van der Waals surface area contributed by atoms with E-state index in [4.69, 9.17) is 11.6 Å². The molecule has 3 nitrogen and oxygen atoms in total. The molecule has 0 saturated carbocycles. The summed E-state index contributed by atoms with van der Waals surface area (Å²) in [5, 5.41) is 12.7. The highest BCUT2D eigenvalue weighted by molar-refractivity contribution is 6.30. The van der Waals surface area contributed by atoms with Crippen LogP contribution in [0.3, 0.4) is 0 Å². The number of halogens is 1. The highest BCUT2D eigenvalue weighted by Gasteiger charge is 2.03. The molecule has 2 rings (SSSR count). The fourth-order valence-electron chi connectivity index (χ4n) is 1.66. The van der Waals surface area contributed by atoms with Gasteiger partial charge in [-0.1, -0.05) is 11.6 Å². The van der Waals surface area contributed by atoms with Crippen molar-refractivity contribution in [1.29, 1.82) is 0 Å². The van der Waals surface area contributed by atoms with Crippen molar-refractivity contribution >= 4 is 29.2 Å². The molecule has 2 aromatic carbocycles. The zero-order valence-electron chi connectivity index (χ0n) is 10.9. The maximum Gasteiger partial charge on any atom is 0.216 e. The van der Waals surface area contributed by atoms with E-state index >= 15 is 0 Å². The Hall–Kier alpha value is -2.00. The summed E-state index contributed by atoms with van der Waals surface area (Å²) in [6.45, 7) is 0. The van der Waals surface area contributed by atoms with Gasteiger partial charge >= 0.3 is 0 Å². The van der Waals surface area contributed by atoms with Crippen LogP contribution in [0.5, 0.6) is 0 Å². The molecule has 0 radical (unpaired) electrons. The molecule has 0 aliphatic heterocycles. The lowest BCUT2D eigenvalue weighted by molar-refractivity contribution is -0.354. The Bertz CT molecular complexity index is 574. The molecule has 0 N–H and O–H groups in total. The summed E-state index contributed by atoms with van der Waals surface area (Å²) in [4.78, 5) is 1.99. The first-order valence-corrected chi connectivity index (χ1v) is 6.28. The van der Waals surface area contributed by atoms with Crippen molar-refractivity contribution in [3.8, 4) is 0 Å².